The van der Waals surface area contributed by atoms with Gasteiger partial charge in [-0.25, -0.2) is 14.4 Å². The number of benzene rings is 4. The summed E-state index contributed by atoms with van der Waals surface area (Å²) in [6.45, 7) is 11.7. The Morgan fingerprint density at radius 1 is 0.560 bits per heavy atom. The maximum absolute atomic E-state index is 12.6. The standard InChI is InChI=1S/C20H24N2O3.C20H23NO4/c1-20(2,3)25-19(24)22(17-7-5-4-6-8-17)14-15-9-11-16(12-10-15)18(23)13-21;1-20(2,3)25-19(23)21(17-8-6-5-7-9-17)14-15-10-12-16(13-11-15)18(22)24-4/h4-12H,13-14,21H2,1-3H3;5-13H,14H2,1-4H3. The number of nitrogens with zero attached hydrogens (tertiary/aromatic N) is 2. The van der Waals surface area contributed by atoms with Crippen molar-refractivity contribution in [2.75, 3.05) is 23.5 Å². The molecule has 0 aliphatic heterocycles. The van der Waals surface area contributed by atoms with Gasteiger partial charge in [0.15, 0.2) is 5.78 Å². The topological polar surface area (TPSA) is 128 Å². The molecule has 0 fully saturated rings. The molecule has 0 unspecified atom stereocenters. The number of hydrogen-bond acceptors (Lipinski definition) is 8. The van der Waals surface area contributed by atoms with Crippen LogP contribution in [0.25, 0.3) is 0 Å². The third-order valence-electron chi connectivity index (χ3n) is 6.88. The molecule has 0 aliphatic carbocycles. The molecule has 0 aromatic heterocycles. The quantitative estimate of drug-likeness (QED) is 0.106. The van der Waals surface area contributed by atoms with Gasteiger partial charge in [-0.2, -0.15) is 0 Å². The highest BCUT2D eigenvalue weighted by molar-refractivity contribution is 5.97. The van der Waals surface area contributed by atoms with E-state index in [9.17, 15) is 19.2 Å². The minimum Gasteiger partial charge on any atom is -0.465 e. The predicted molar refractivity (Wildman–Crippen MR) is 195 cm³/mol. The van der Waals surface area contributed by atoms with Gasteiger partial charge in [-0.05, 0) is 89.1 Å². The van der Waals surface area contributed by atoms with Crippen LogP contribution in [0.15, 0.2) is 109 Å². The molecule has 0 aliphatic rings. The summed E-state index contributed by atoms with van der Waals surface area (Å²) in [4.78, 5) is 51.5. The first-order valence-corrected chi connectivity index (χ1v) is 16.2. The molecule has 0 bridgehead atoms. The second-order valence-electron chi connectivity index (χ2n) is 13.3. The van der Waals surface area contributed by atoms with Crippen LogP contribution in [0.5, 0.6) is 0 Å². The van der Waals surface area contributed by atoms with Gasteiger partial charge in [0.1, 0.15) is 11.2 Å². The van der Waals surface area contributed by atoms with Gasteiger partial charge in [-0.1, -0.05) is 72.8 Å². The Hall–Kier alpha value is -5.48. The van der Waals surface area contributed by atoms with Crippen molar-refractivity contribution < 1.29 is 33.4 Å². The second-order valence-corrected chi connectivity index (χ2v) is 13.3. The number of nitrogens with two attached hydrogens (primary N) is 1. The molecule has 4 rings (SSSR count). The average molecular weight is 682 g/mol. The van der Waals surface area contributed by atoms with E-state index in [0.717, 1.165) is 22.5 Å². The largest absolute Gasteiger partial charge is 0.465 e. The molecule has 0 radical (unpaired) electrons. The lowest BCUT2D eigenvalue weighted by Crippen LogP contribution is -2.36. The highest BCUT2D eigenvalue weighted by Crippen LogP contribution is 2.23. The summed E-state index contributed by atoms with van der Waals surface area (Å²) >= 11 is 0. The lowest BCUT2D eigenvalue weighted by Gasteiger charge is -2.27. The fourth-order valence-electron chi connectivity index (χ4n) is 4.52. The van der Waals surface area contributed by atoms with Gasteiger partial charge in [0, 0.05) is 16.9 Å². The van der Waals surface area contributed by atoms with Gasteiger partial charge in [0.25, 0.3) is 0 Å². The van der Waals surface area contributed by atoms with E-state index in [0.29, 0.717) is 24.2 Å². The number of carbonyl (C=O) groups is 4. The first-order chi connectivity index (χ1) is 23.6. The third kappa shape index (κ3) is 12.5. The zero-order valence-corrected chi connectivity index (χ0v) is 29.8. The molecule has 0 saturated carbocycles. The van der Waals surface area contributed by atoms with Crippen molar-refractivity contribution in [2.24, 2.45) is 5.73 Å². The SMILES string of the molecule is CC(C)(C)OC(=O)N(Cc1ccc(C(=O)CN)cc1)c1ccccc1.COC(=O)c1ccc(CN(C(=O)OC(C)(C)C)c2ccccc2)cc1. The van der Waals surface area contributed by atoms with Crippen LogP contribution in [0.4, 0.5) is 21.0 Å². The fraction of sp³-hybridized carbons (Fsp3) is 0.300. The van der Waals surface area contributed by atoms with Crippen molar-refractivity contribution in [3.05, 3.63) is 131 Å². The van der Waals surface area contributed by atoms with Crippen molar-refractivity contribution in [1.29, 1.82) is 0 Å². The van der Waals surface area contributed by atoms with E-state index in [4.69, 9.17) is 19.9 Å². The predicted octanol–water partition coefficient (Wildman–Crippen LogP) is 8.18. The van der Waals surface area contributed by atoms with Crippen molar-refractivity contribution >= 4 is 35.3 Å². The molecule has 10 heteroatoms. The molecule has 50 heavy (non-hydrogen) atoms. The van der Waals surface area contributed by atoms with Gasteiger partial charge in [-0.3, -0.25) is 14.6 Å². The zero-order valence-electron chi connectivity index (χ0n) is 29.8. The number of ketones is 1. The maximum Gasteiger partial charge on any atom is 0.415 e. The zero-order chi connectivity index (χ0) is 36.9. The number of esters is 1. The second kappa shape index (κ2) is 17.8. The maximum atomic E-state index is 12.6. The van der Waals surface area contributed by atoms with Crippen LogP contribution in [0.2, 0.25) is 0 Å². The summed E-state index contributed by atoms with van der Waals surface area (Å²) in [6.07, 6.45) is -0.837. The van der Waals surface area contributed by atoms with Crippen LogP contribution in [-0.4, -0.2) is 48.8 Å². The Morgan fingerprint density at radius 3 is 1.24 bits per heavy atom. The Kier molecular flexibility index (Phi) is 13.9. The van der Waals surface area contributed by atoms with Crippen LogP contribution in [0, 0.1) is 0 Å². The van der Waals surface area contributed by atoms with Crippen molar-refractivity contribution in [2.45, 2.75) is 65.8 Å². The van der Waals surface area contributed by atoms with Gasteiger partial charge in [-0.15, -0.1) is 0 Å². The van der Waals surface area contributed by atoms with Gasteiger partial charge in [0.2, 0.25) is 0 Å². The van der Waals surface area contributed by atoms with E-state index in [1.165, 1.54) is 7.11 Å². The number of amides is 2. The molecule has 0 saturated heterocycles. The first-order valence-electron chi connectivity index (χ1n) is 16.2. The van der Waals surface area contributed by atoms with Gasteiger partial charge >= 0.3 is 18.2 Å². The minimum atomic E-state index is -0.584. The molecule has 0 spiro atoms. The normalized spacial score (nSPS) is 11.0. The molecule has 4 aromatic carbocycles. The summed E-state index contributed by atoms with van der Waals surface area (Å²) in [5, 5.41) is 0. The van der Waals surface area contributed by atoms with Gasteiger partial charge < -0.3 is 19.9 Å². The van der Waals surface area contributed by atoms with E-state index in [-0.39, 0.29) is 12.3 Å². The van der Waals surface area contributed by atoms with Crippen molar-refractivity contribution in [1.82, 2.24) is 0 Å². The Bertz CT molecular complexity index is 1570. The number of para-hydroxylation sites is 2. The summed E-state index contributed by atoms with van der Waals surface area (Å²) < 4.78 is 15.7. The van der Waals surface area contributed by atoms with Crippen LogP contribution in [-0.2, 0) is 27.3 Å². The molecular weight excluding hydrogens is 634 g/mol. The number of Topliss-reactive ketones (excluding diaryl/α,β-unsaturated/α-hetero) is 1. The van der Waals surface area contributed by atoms with E-state index in [1.807, 2.05) is 114 Å². The molecule has 2 N–H and O–H groups in total. The number of methoxy groups -OCH3 is 1. The van der Waals surface area contributed by atoms with Crippen molar-refractivity contribution in [3.8, 4) is 0 Å². The summed E-state index contributed by atoms with van der Waals surface area (Å²) in [5.74, 6) is -0.503. The highest BCUT2D eigenvalue weighted by atomic mass is 16.6. The average Bonchev–Trinajstić information content (AvgIpc) is 3.09. The molecule has 2 amide bonds. The Labute approximate surface area is 294 Å². The Balaban J connectivity index is 0.000000270. The molecule has 10 nitrogen and oxygen atoms in total. The lowest BCUT2D eigenvalue weighted by atomic mass is 10.1. The molecule has 264 valence electrons. The van der Waals surface area contributed by atoms with E-state index in [1.54, 1.807) is 46.2 Å². The van der Waals surface area contributed by atoms with E-state index < -0.39 is 29.4 Å². The first kappa shape index (κ1) is 39.0. The minimum absolute atomic E-state index is 0.0204. The van der Waals surface area contributed by atoms with E-state index in [2.05, 4.69) is 0 Å². The van der Waals surface area contributed by atoms with Crippen LogP contribution in [0.1, 0.15) is 73.4 Å². The monoisotopic (exact) mass is 681 g/mol. The summed E-state index contributed by atoms with van der Waals surface area (Å²) in [7, 11) is 1.34. The third-order valence-corrected chi connectivity index (χ3v) is 6.88. The van der Waals surface area contributed by atoms with Crippen LogP contribution >= 0.6 is 0 Å². The molecule has 4 aromatic rings. The van der Waals surface area contributed by atoms with Crippen LogP contribution < -0.4 is 15.5 Å². The highest BCUT2D eigenvalue weighted by Gasteiger charge is 2.25. The summed E-state index contributed by atoms with van der Waals surface area (Å²) in [6, 6.07) is 32.7. The number of carbonyl (C=O) groups excluding carboxylic acids is 4. The number of ether oxygens (including phenoxy) is 3. The van der Waals surface area contributed by atoms with Crippen LogP contribution in [0.3, 0.4) is 0 Å². The summed E-state index contributed by atoms with van der Waals surface area (Å²) in [5.41, 5.74) is 8.51. The number of hydrogen-bond donors (Lipinski definition) is 1. The smallest absolute Gasteiger partial charge is 0.415 e. The molecule has 0 heterocycles. The Morgan fingerprint density at radius 2 is 0.920 bits per heavy atom. The van der Waals surface area contributed by atoms with Crippen molar-refractivity contribution in [3.63, 3.8) is 0 Å². The fourth-order valence-corrected chi connectivity index (χ4v) is 4.52. The lowest BCUT2D eigenvalue weighted by molar-refractivity contribution is 0.0566. The van der Waals surface area contributed by atoms with Gasteiger partial charge in [0.05, 0.1) is 32.3 Å². The molecule has 0 atom stereocenters. The molecular formula is C40H47N3O7. The number of rotatable bonds is 9. The van der Waals surface area contributed by atoms with E-state index >= 15 is 0 Å². The number of anilines is 2.